The lowest BCUT2D eigenvalue weighted by Gasteiger charge is -2.32. The van der Waals surface area contributed by atoms with E-state index in [1.54, 1.807) is 16.2 Å². The fourth-order valence-electron chi connectivity index (χ4n) is 3.96. The summed E-state index contributed by atoms with van der Waals surface area (Å²) in [5.41, 5.74) is 2.04. The second kappa shape index (κ2) is 10.6. The van der Waals surface area contributed by atoms with Crippen molar-refractivity contribution in [1.82, 2.24) is 10.2 Å². The van der Waals surface area contributed by atoms with Crippen LogP contribution in [0.5, 0.6) is 0 Å². The van der Waals surface area contributed by atoms with Crippen molar-refractivity contribution in [1.29, 1.82) is 0 Å². The number of benzene rings is 1. The summed E-state index contributed by atoms with van der Waals surface area (Å²) >= 11 is 1.59. The van der Waals surface area contributed by atoms with Crippen LogP contribution >= 0.6 is 11.3 Å². The Hall–Kier alpha value is -2.14. The molecule has 1 aromatic carbocycles. The zero-order valence-corrected chi connectivity index (χ0v) is 18.3. The molecule has 1 saturated carbocycles. The van der Waals surface area contributed by atoms with Crippen molar-refractivity contribution in [2.75, 3.05) is 6.54 Å². The number of carbonyl (C=O) groups excluding carboxylic acids is 2. The van der Waals surface area contributed by atoms with Crippen molar-refractivity contribution in [3.63, 3.8) is 0 Å². The van der Waals surface area contributed by atoms with Crippen LogP contribution in [0.3, 0.4) is 0 Å². The van der Waals surface area contributed by atoms with Gasteiger partial charge < -0.3 is 10.2 Å². The minimum Gasteiger partial charge on any atom is -0.351 e. The van der Waals surface area contributed by atoms with Crippen molar-refractivity contribution in [3.05, 3.63) is 57.8 Å². The molecule has 5 heteroatoms. The molecule has 2 aromatic rings. The SMILES string of the molecule is CCCCN(C(=O)Cc1cccs1)[C@H](C(=O)NC1CCCC1)c1ccc(C)cc1. The molecule has 0 aliphatic heterocycles. The molecule has 0 unspecified atom stereocenters. The summed E-state index contributed by atoms with van der Waals surface area (Å²) in [6.45, 7) is 4.74. The lowest BCUT2D eigenvalue weighted by Crippen LogP contribution is -2.46. The van der Waals surface area contributed by atoms with E-state index in [2.05, 4.69) is 12.2 Å². The van der Waals surface area contributed by atoms with E-state index in [1.807, 2.05) is 48.7 Å². The van der Waals surface area contributed by atoms with Gasteiger partial charge in [-0.2, -0.15) is 0 Å². The van der Waals surface area contributed by atoms with E-state index < -0.39 is 6.04 Å². The van der Waals surface area contributed by atoms with Gasteiger partial charge in [0.2, 0.25) is 11.8 Å². The van der Waals surface area contributed by atoms with Crippen molar-refractivity contribution >= 4 is 23.2 Å². The third-order valence-electron chi connectivity index (χ3n) is 5.63. The van der Waals surface area contributed by atoms with Gasteiger partial charge in [-0.1, -0.05) is 62.1 Å². The predicted octanol–water partition coefficient (Wildman–Crippen LogP) is 5.03. The molecule has 0 saturated heterocycles. The van der Waals surface area contributed by atoms with E-state index in [1.165, 1.54) is 0 Å². The molecule has 1 N–H and O–H groups in total. The highest BCUT2D eigenvalue weighted by Gasteiger charge is 2.32. The number of hydrogen-bond donors (Lipinski definition) is 1. The summed E-state index contributed by atoms with van der Waals surface area (Å²) in [7, 11) is 0. The monoisotopic (exact) mass is 412 g/mol. The number of thiophene rings is 1. The standard InChI is InChI=1S/C24H32N2O2S/c1-3-4-15-26(22(27)17-21-10-7-16-29-21)23(19-13-11-18(2)12-14-19)24(28)25-20-8-5-6-9-20/h7,10-14,16,20,23H,3-6,8-9,15,17H2,1-2H3,(H,25,28)/t23-/m0/s1. The summed E-state index contributed by atoms with van der Waals surface area (Å²) < 4.78 is 0. The van der Waals surface area contributed by atoms with Crippen molar-refractivity contribution in [2.24, 2.45) is 0 Å². The number of rotatable bonds is 9. The molecule has 1 atom stereocenters. The summed E-state index contributed by atoms with van der Waals surface area (Å²) in [4.78, 5) is 29.5. The predicted molar refractivity (Wildman–Crippen MR) is 119 cm³/mol. The lowest BCUT2D eigenvalue weighted by molar-refractivity contribution is -0.140. The molecule has 1 aliphatic carbocycles. The number of nitrogens with one attached hydrogen (secondary N) is 1. The van der Waals surface area contributed by atoms with Crippen LogP contribution in [0.15, 0.2) is 41.8 Å². The minimum absolute atomic E-state index is 0.0213. The average molecular weight is 413 g/mol. The van der Waals surface area contributed by atoms with Crippen LogP contribution in [0.1, 0.15) is 67.5 Å². The first kappa shape index (κ1) is 21.6. The molecule has 29 heavy (non-hydrogen) atoms. The summed E-state index contributed by atoms with van der Waals surface area (Å²) in [5, 5.41) is 5.22. The average Bonchev–Trinajstić information content (AvgIpc) is 3.40. The van der Waals surface area contributed by atoms with Crippen molar-refractivity contribution in [3.8, 4) is 0 Å². The molecule has 1 aliphatic rings. The summed E-state index contributed by atoms with van der Waals surface area (Å²) in [5.74, 6) is -0.0237. The van der Waals surface area contributed by atoms with Gasteiger partial charge in [-0.3, -0.25) is 9.59 Å². The number of hydrogen-bond acceptors (Lipinski definition) is 3. The van der Waals surface area contributed by atoms with Gasteiger partial charge >= 0.3 is 0 Å². The Labute approximate surface area is 178 Å². The van der Waals surface area contributed by atoms with Crippen LogP contribution in [0, 0.1) is 6.92 Å². The smallest absolute Gasteiger partial charge is 0.247 e. The highest BCUT2D eigenvalue weighted by atomic mass is 32.1. The lowest BCUT2D eigenvalue weighted by atomic mass is 10.0. The molecule has 0 radical (unpaired) electrons. The van der Waals surface area contributed by atoms with Crippen molar-refractivity contribution < 1.29 is 9.59 Å². The molecule has 2 amide bonds. The maximum absolute atomic E-state index is 13.4. The Balaban J connectivity index is 1.88. The number of amides is 2. The van der Waals surface area contributed by atoms with Crippen molar-refractivity contribution in [2.45, 2.75) is 70.9 Å². The van der Waals surface area contributed by atoms with Gasteiger partial charge in [0.05, 0.1) is 6.42 Å². The topological polar surface area (TPSA) is 49.4 Å². The quantitative estimate of drug-likeness (QED) is 0.628. The molecule has 156 valence electrons. The van der Waals surface area contributed by atoms with E-state index in [-0.39, 0.29) is 17.9 Å². The Morgan fingerprint density at radius 1 is 1.17 bits per heavy atom. The highest BCUT2D eigenvalue weighted by molar-refractivity contribution is 7.10. The molecule has 0 spiro atoms. The molecule has 0 bridgehead atoms. The van der Waals surface area contributed by atoms with Gasteiger partial charge in [-0.05, 0) is 43.2 Å². The molecule has 1 fully saturated rings. The van der Waals surface area contributed by atoms with Crippen LogP contribution < -0.4 is 5.32 Å². The van der Waals surface area contributed by atoms with E-state index in [0.29, 0.717) is 13.0 Å². The summed E-state index contributed by atoms with van der Waals surface area (Å²) in [6.07, 6.45) is 6.60. The Morgan fingerprint density at radius 3 is 2.52 bits per heavy atom. The maximum Gasteiger partial charge on any atom is 0.247 e. The fourth-order valence-corrected chi connectivity index (χ4v) is 4.66. The normalized spacial score (nSPS) is 15.2. The molecule has 1 heterocycles. The second-order valence-electron chi connectivity index (χ2n) is 8.00. The van der Waals surface area contributed by atoms with Gasteiger partial charge in [-0.25, -0.2) is 0 Å². The molecule has 4 nitrogen and oxygen atoms in total. The van der Waals surface area contributed by atoms with Gasteiger partial charge in [-0.15, -0.1) is 11.3 Å². The van der Waals surface area contributed by atoms with Gasteiger partial charge in [0.25, 0.3) is 0 Å². The zero-order chi connectivity index (χ0) is 20.6. The Morgan fingerprint density at radius 2 is 1.90 bits per heavy atom. The third kappa shape index (κ3) is 5.92. The van der Waals surface area contributed by atoms with Gasteiger partial charge in [0.1, 0.15) is 6.04 Å². The van der Waals surface area contributed by atoms with E-state index >= 15 is 0 Å². The summed E-state index contributed by atoms with van der Waals surface area (Å²) in [6, 6.07) is 11.6. The Bertz CT molecular complexity index is 780. The molecular weight excluding hydrogens is 380 g/mol. The highest BCUT2D eigenvalue weighted by Crippen LogP contribution is 2.26. The minimum atomic E-state index is -0.574. The van der Waals surface area contributed by atoms with Crippen LogP contribution in [-0.2, 0) is 16.0 Å². The maximum atomic E-state index is 13.4. The zero-order valence-electron chi connectivity index (χ0n) is 17.5. The Kier molecular flexibility index (Phi) is 7.87. The number of unbranched alkanes of at least 4 members (excludes halogenated alkanes) is 1. The first-order chi connectivity index (χ1) is 14.1. The van der Waals surface area contributed by atoms with Crippen LogP contribution in [0.4, 0.5) is 0 Å². The fraction of sp³-hybridized carbons (Fsp3) is 0.500. The largest absolute Gasteiger partial charge is 0.351 e. The van der Waals surface area contributed by atoms with E-state index in [9.17, 15) is 9.59 Å². The van der Waals surface area contributed by atoms with Gasteiger partial charge in [0.15, 0.2) is 0 Å². The van der Waals surface area contributed by atoms with Crippen LogP contribution in [0.25, 0.3) is 0 Å². The molecule has 1 aromatic heterocycles. The van der Waals surface area contributed by atoms with Crippen LogP contribution in [0.2, 0.25) is 0 Å². The van der Waals surface area contributed by atoms with Gasteiger partial charge in [0, 0.05) is 17.5 Å². The third-order valence-corrected chi connectivity index (χ3v) is 6.51. The van der Waals surface area contributed by atoms with E-state index in [4.69, 9.17) is 0 Å². The molecule has 3 rings (SSSR count). The number of carbonyl (C=O) groups is 2. The van der Waals surface area contributed by atoms with E-state index in [0.717, 1.165) is 54.5 Å². The first-order valence-corrected chi connectivity index (χ1v) is 11.6. The number of aryl methyl sites for hydroxylation is 1. The number of nitrogens with zero attached hydrogens (tertiary/aromatic N) is 1. The first-order valence-electron chi connectivity index (χ1n) is 10.8. The molecular formula is C24H32N2O2S. The second-order valence-corrected chi connectivity index (χ2v) is 9.03. The van der Waals surface area contributed by atoms with Crippen LogP contribution in [-0.4, -0.2) is 29.3 Å².